The highest BCUT2D eigenvalue weighted by atomic mass is 19.1. The Bertz CT molecular complexity index is 645. The number of carbonyl (C=O) groups is 1. The zero-order valence-electron chi connectivity index (χ0n) is 9.69. The molecule has 2 rings (SSSR count). The number of hydrogen-bond acceptors (Lipinski definition) is 3. The summed E-state index contributed by atoms with van der Waals surface area (Å²) >= 11 is 0. The first-order valence-corrected chi connectivity index (χ1v) is 5.30. The Balaban J connectivity index is 2.49. The fourth-order valence-corrected chi connectivity index (χ4v) is 1.53. The second-order valence-electron chi connectivity index (χ2n) is 3.76. The summed E-state index contributed by atoms with van der Waals surface area (Å²) in [4.78, 5) is 11.2. The van der Waals surface area contributed by atoms with Crippen LogP contribution in [-0.4, -0.2) is 5.91 Å². The fraction of sp³-hybridized carbons (Fsp3) is 0. The van der Waals surface area contributed by atoms with Crippen molar-refractivity contribution in [3.63, 3.8) is 0 Å². The average Bonchev–Trinajstić information content (AvgIpc) is 2.35. The van der Waals surface area contributed by atoms with Gasteiger partial charge in [0.1, 0.15) is 5.82 Å². The van der Waals surface area contributed by atoms with Crippen LogP contribution in [0.4, 0.5) is 14.5 Å². The van der Waals surface area contributed by atoms with Gasteiger partial charge in [0.05, 0.1) is 11.3 Å². The van der Waals surface area contributed by atoms with Gasteiger partial charge in [-0.2, -0.15) is 0 Å². The molecular weight excluding hydrogens is 254 g/mol. The topological polar surface area (TPSA) is 78.3 Å². The van der Waals surface area contributed by atoms with E-state index in [2.05, 4.69) is 0 Å². The Morgan fingerprint density at radius 1 is 1.16 bits per heavy atom. The van der Waals surface area contributed by atoms with Crippen LogP contribution in [0.25, 0.3) is 0 Å². The maximum atomic E-state index is 13.5. The number of primary amides is 1. The Morgan fingerprint density at radius 3 is 2.58 bits per heavy atom. The van der Waals surface area contributed by atoms with E-state index >= 15 is 0 Å². The predicted octanol–water partition coefficient (Wildman–Crippen LogP) is 2.44. The Hall–Kier alpha value is -2.63. The van der Waals surface area contributed by atoms with Gasteiger partial charge in [0, 0.05) is 6.07 Å². The number of halogens is 2. The molecule has 98 valence electrons. The molecule has 0 aliphatic rings. The lowest BCUT2D eigenvalue weighted by Gasteiger charge is -2.12. The zero-order valence-corrected chi connectivity index (χ0v) is 9.69. The number of ether oxygens (including phenoxy) is 1. The summed E-state index contributed by atoms with van der Waals surface area (Å²) in [5.74, 6) is -2.70. The minimum atomic E-state index is -0.779. The molecule has 6 heteroatoms. The van der Waals surface area contributed by atoms with Crippen LogP contribution in [-0.2, 0) is 0 Å². The highest BCUT2D eigenvalue weighted by molar-refractivity contribution is 5.97. The van der Waals surface area contributed by atoms with Crippen LogP contribution in [0.15, 0.2) is 36.4 Å². The Morgan fingerprint density at radius 2 is 1.89 bits per heavy atom. The molecule has 2 aromatic rings. The second-order valence-corrected chi connectivity index (χ2v) is 3.76. The smallest absolute Gasteiger partial charge is 0.252 e. The molecule has 0 aromatic heterocycles. The van der Waals surface area contributed by atoms with Crippen LogP contribution >= 0.6 is 0 Å². The minimum absolute atomic E-state index is 0.0105. The largest absolute Gasteiger partial charge is 0.451 e. The molecule has 19 heavy (non-hydrogen) atoms. The molecule has 0 unspecified atom stereocenters. The van der Waals surface area contributed by atoms with Crippen LogP contribution in [0.3, 0.4) is 0 Å². The van der Waals surface area contributed by atoms with Crippen LogP contribution in [0.5, 0.6) is 11.5 Å². The van der Waals surface area contributed by atoms with Crippen LogP contribution in [0.1, 0.15) is 10.4 Å². The number of anilines is 1. The van der Waals surface area contributed by atoms with Crippen molar-refractivity contribution in [2.75, 3.05) is 5.73 Å². The van der Waals surface area contributed by atoms with Gasteiger partial charge in [-0.1, -0.05) is 6.07 Å². The number of benzene rings is 2. The fourth-order valence-electron chi connectivity index (χ4n) is 1.53. The van der Waals surface area contributed by atoms with E-state index in [0.717, 1.165) is 18.2 Å². The van der Waals surface area contributed by atoms with E-state index in [1.165, 1.54) is 18.2 Å². The number of amides is 1. The molecule has 0 fully saturated rings. The molecule has 0 spiro atoms. The van der Waals surface area contributed by atoms with Gasteiger partial charge in [-0.3, -0.25) is 4.79 Å². The average molecular weight is 264 g/mol. The molecular formula is C13H10F2N2O2. The first-order chi connectivity index (χ1) is 8.99. The van der Waals surface area contributed by atoms with E-state index in [9.17, 15) is 13.6 Å². The summed E-state index contributed by atoms with van der Waals surface area (Å²) in [7, 11) is 0. The summed E-state index contributed by atoms with van der Waals surface area (Å²) in [6.07, 6.45) is 0. The van der Waals surface area contributed by atoms with Gasteiger partial charge in [-0.15, -0.1) is 0 Å². The van der Waals surface area contributed by atoms with Crippen molar-refractivity contribution in [1.29, 1.82) is 0 Å². The summed E-state index contributed by atoms with van der Waals surface area (Å²) < 4.78 is 31.7. The van der Waals surface area contributed by atoms with E-state index in [4.69, 9.17) is 16.2 Å². The molecule has 4 N–H and O–H groups in total. The monoisotopic (exact) mass is 264 g/mol. The third-order valence-corrected chi connectivity index (χ3v) is 2.42. The number of para-hydroxylation sites is 1. The molecule has 0 heterocycles. The van der Waals surface area contributed by atoms with Crippen LogP contribution < -0.4 is 16.2 Å². The number of rotatable bonds is 3. The van der Waals surface area contributed by atoms with Crippen molar-refractivity contribution in [3.05, 3.63) is 53.6 Å². The lowest BCUT2D eigenvalue weighted by atomic mass is 10.1. The molecule has 1 amide bonds. The van der Waals surface area contributed by atoms with E-state index < -0.39 is 17.5 Å². The van der Waals surface area contributed by atoms with Gasteiger partial charge < -0.3 is 16.2 Å². The number of nitrogen functional groups attached to an aromatic ring is 1. The lowest BCUT2D eigenvalue weighted by molar-refractivity contribution is 0.0998. The number of hydrogen-bond donors (Lipinski definition) is 2. The highest BCUT2D eigenvalue weighted by Gasteiger charge is 2.15. The van der Waals surface area contributed by atoms with E-state index in [0.29, 0.717) is 0 Å². The van der Waals surface area contributed by atoms with Gasteiger partial charge in [-0.05, 0) is 24.3 Å². The van der Waals surface area contributed by atoms with Crippen molar-refractivity contribution in [1.82, 2.24) is 0 Å². The van der Waals surface area contributed by atoms with Crippen LogP contribution in [0, 0.1) is 11.6 Å². The summed E-state index contributed by atoms with van der Waals surface area (Å²) in [6.45, 7) is 0. The molecule has 4 nitrogen and oxygen atoms in total. The Kier molecular flexibility index (Phi) is 3.33. The number of nitrogens with two attached hydrogens (primary N) is 2. The van der Waals surface area contributed by atoms with Crippen molar-refractivity contribution in [3.8, 4) is 11.5 Å². The van der Waals surface area contributed by atoms with Gasteiger partial charge >= 0.3 is 0 Å². The van der Waals surface area contributed by atoms with Crippen molar-refractivity contribution in [2.45, 2.75) is 0 Å². The molecule has 2 aromatic carbocycles. The first kappa shape index (κ1) is 12.8. The summed E-state index contributed by atoms with van der Waals surface area (Å²) in [5, 5.41) is 0. The molecule has 0 atom stereocenters. The van der Waals surface area contributed by atoms with E-state index in [1.807, 2.05) is 0 Å². The normalized spacial score (nSPS) is 10.2. The Labute approximate surface area is 107 Å². The van der Waals surface area contributed by atoms with E-state index in [-0.39, 0.29) is 22.7 Å². The SMILES string of the molecule is NC(=O)c1cccc(N)c1Oc1cc(F)ccc1F. The van der Waals surface area contributed by atoms with Gasteiger partial charge in [-0.25, -0.2) is 8.78 Å². The first-order valence-electron chi connectivity index (χ1n) is 5.30. The van der Waals surface area contributed by atoms with Gasteiger partial charge in [0.2, 0.25) is 0 Å². The molecule has 0 aliphatic carbocycles. The van der Waals surface area contributed by atoms with Crippen LogP contribution in [0.2, 0.25) is 0 Å². The molecule has 0 radical (unpaired) electrons. The number of carbonyl (C=O) groups excluding carboxylic acids is 1. The summed E-state index contributed by atoms with van der Waals surface area (Å²) in [6, 6.07) is 7.06. The molecule has 0 aliphatic heterocycles. The third kappa shape index (κ3) is 2.62. The molecule has 0 bridgehead atoms. The van der Waals surface area contributed by atoms with Crippen molar-refractivity contribution < 1.29 is 18.3 Å². The quantitative estimate of drug-likeness (QED) is 0.836. The predicted molar refractivity (Wildman–Crippen MR) is 65.8 cm³/mol. The molecule has 0 saturated heterocycles. The minimum Gasteiger partial charge on any atom is -0.451 e. The standard InChI is InChI=1S/C13H10F2N2O2/c14-7-4-5-9(15)11(6-7)19-12-8(13(17)18)2-1-3-10(12)16/h1-6H,16H2,(H2,17,18). The lowest BCUT2D eigenvalue weighted by Crippen LogP contribution is -2.13. The van der Waals surface area contributed by atoms with Gasteiger partial charge in [0.15, 0.2) is 17.3 Å². The maximum absolute atomic E-state index is 13.5. The van der Waals surface area contributed by atoms with Crippen molar-refractivity contribution >= 4 is 11.6 Å². The van der Waals surface area contributed by atoms with E-state index in [1.54, 1.807) is 0 Å². The third-order valence-electron chi connectivity index (χ3n) is 2.42. The second kappa shape index (κ2) is 4.93. The van der Waals surface area contributed by atoms with Crippen molar-refractivity contribution in [2.24, 2.45) is 5.73 Å². The highest BCUT2D eigenvalue weighted by Crippen LogP contribution is 2.32. The summed E-state index contributed by atoms with van der Waals surface area (Å²) in [5.41, 5.74) is 10.9. The zero-order chi connectivity index (χ0) is 14.0. The molecule has 0 saturated carbocycles. The maximum Gasteiger partial charge on any atom is 0.252 e. The van der Waals surface area contributed by atoms with Gasteiger partial charge in [0.25, 0.3) is 5.91 Å².